The van der Waals surface area contributed by atoms with Crippen molar-refractivity contribution in [2.24, 2.45) is 5.92 Å². The minimum atomic E-state index is -0.822. The Balaban J connectivity index is 1.70. The molecule has 2 N–H and O–H groups in total. The molecule has 1 saturated heterocycles. The van der Waals surface area contributed by atoms with Gasteiger partial charge in [0.15, 0.2) is 0 Å². The smallest absolute Gasteiger partial charge is 0.346 e. The number of carboxylic acid groups (broad SMARTS) is 1. The molecule has 0 bridgehead atoms. The van der Waals surface area contributed by atoms with Gasteiger partial charge >= 0.3 is 5.97 Å². The average molecular weight is 282 g/mol. The van der Waals surface area contributed by atoms with Gasteiger partial charge in [0.05, 0.1) is 0 Å². The third kappa shape index (κ3) is 4.30. The van der Waals surface area contributed by atoms with Crippen LogP contribution in [0.3, 0.4) is 0 Å². The SMILES string of the molecule is CC(CNCc1ccsc1C(=O)O)CN1CCCC1. The van der Waals surface area contributed by atoms with E-state index >= 15 is 0 Å². The number of rotatable bonds is 7. The van der Waals surface area contributed by atoms with Crippen molar-refractivity contribution in [3.63, 3.8) is 0 Å². The molecule has 4 nitrogen and oxygen atoms in total. The van der Waals surface area contributed by atoms with Crippen molar-refractivity contribution in [3.8, 4) is 0 Å². The van der Waals surface area contributed by atoms with Crippen LogP contribution in [0.2, 0.25) is 0 Å². The first-order valence-electron chi connectivity index (χ1n) is 6.89. The number of likely N-dealkylation sites (tertiary alicyclic amines) is 1. The van der Waals surface area contributed by atoms with Crippen molar-refractivity contribution in [3.05, 3.63) is 21.9 Å². The molecule has 2 heterocycles. The standard InChI is InChI=1S/C14H22N2O2S/c1-11(10-16-5-2-3-6-16)8-15-9-12-4-7-19-13(12)14(17)18/h4,7,11,15H,2-3,5-6,8-10H2,1H3,(H,17,18). The molecule has 19 heavy (non-hydrogen) atoms. The summed E-state index contributed by atoms with van der Waals surface area (Å²) in [4.78, 5) is 14.0. The predicted octanol–water partition coefficient (Wildman–Crippen LogP) is 2.27. The largest absolute Gasteiger partial charge is 0.477 e. The topological polar surface area (TPSA) is 52.6 Å². The summed E-state index contributed by atoms with van der Waals surface area (Å²) in [6, 6.07) is 1.90. The van der Waals surface area contributed by atoms with Crippen LogP contribution >= 0.6 is 11.3 Å². The molecule has 1 unspecified atom stereocenters. The Bertz CT molecular complexity index is 413. The van der Waals surface area contributed by atoms with E-state index in [1.54, 1.807) is 0 Å². The van der Waals surface area contributed by atoms with Crippen LogP contribution < -0.4 is 5.32 Å². The minimum absolute atomic E-state index is 0.458. The molecule has 1 aromatic rings. The summed E-state index contributed by atoms with van der Waals surface area (Å²) >= 11 is 1.29. The van der Waals surface area contributed by atoms with Gasteiger partial charge in [-0.2, -0.15) is 0 Å². The van der Waals surface area contributed by atoms with Gasteiger partial charge in [-0.15, -0.1) is 11.3 Å². The molecule has 1 fully saturated rings. The van der Waals surface area contributed by atoms with Crippen LogP contribution in [-0.2, 0) is 6.54 Å². The monoisotopic (exact) mass is 282 g/mol. The molecule has 5 heteroatoms. The van der Waals surface area contributed by atoms with E-state index < -0.39 is 5.97 Å². The van der Waals surface area contributed by atoms with Crippen molar-refractivity contribution < 1.29 is 9.90 Å². The highest BCUT2D eigenvalue weighted by Crippen LogP contribution is 2.16. The van der Waals surface area contributed by atoms with Crippen LogP contribution in [0.4, 0.5) is 0 Å². The second-order valence-corrected chi connectivity index (χ2v) is 6.24. The highest BCUT2D eigenvalue weighted by molar-refractivity contribution is 7.12. The predicted molar refractivity (Wildman–Crippen MR) is 77.8 cm³/mol. The van der Waals surface area contributed by atoms with E-state index in [1.165, 1.54) is 37.3 Å². The molecular formula is C14H22N2O2S. The van der Waals surface area contributed by atoms with Gasteiger partial charge in [0.25, 0.3) is 0 Å². The van der Waals surface area contributed by atoms with Gasteiger partial charge in [0.1, 0.15) is 4.88 Å². The van der Waals surface area contributed by atoms with Gasteiger partial charge < -0.3 is 15.3 Å². The number of nitrogens with zero attached hydrogens (tertiary/aromatic N) is 1. The summed E-state index contributed by atoms with van der Waals surface area (Å²) in [5, 5.41) is 14.2. The highest BCUT2D eigenvalue weighted by Gasteiger charge is 2.15. The summed E-state index contributed by atoms with van der Waals surface area (Å²) in [7, 11) is 0. The number of nitrogens with one attached hydrogen (secondary N) is 1. The lowest BCUT2D eigenvalue weighted by Crippen LogP contribution is -2.31. The Kier molecular flexibility index (Phi) is 5.36. The zero-order valence-electron chi connectivity index (χ0n) is 11.4. The van der Waals surface area contributed by atoms with Crippen molar-refractivity contribution in [1.82, 2.24) is 10.2 Å². The quantitative estimate of drug-likeness (QED) is 0.805. The van der Waals surface area contributed by atoms with Crippen molar-refractivity contribution >= 4 is 17.3 Å². The number of hydrogen-bond acceptors (Lipinski definition) is 4. The number of aromatic carboxylic acids is 1. The number of carboxylic acids is 1. The molecule has 1 aliphatic rings. The van der Waals surface area contributed by atoms with Gasteiger partial charge in [-0.25, -0.2) is 4.79 Å². The molecule has 0 aromatic carbocycles. The molecule has 0 amide bonds. The average Bonchev–Trinajstić information content (AvgIpc) is 2.99. The number of hydrogen-bond donors (Lipinski definition) is 2. The van der Waals surface area contributed by atoms with Gasteiger partial charge in [-0.3, -0.25) is 0 Å². The van der Waals surface area contributed by atoms with E-state index in [9.17, 15) is 4.79 Å². The second kappa shape index (κ2) is 7.03. The van der Waals surface area contributed by atoms with Crippen LogP contribution in [0.1, 0.15) is 35.0 Å². The van der Waals surface area contributed by atoms with Gasteiger partial charge in [0, 0.05) is 13.1 Å². The third-order valence-corrected chi connectivity index (χ3v) is 4.46. The summed E-state index contributed by atoms with van der Waals surface area (Å²) in [6.45, 7) is 7.44. The van der Waals surface area contributed by atoms with Crippen molar-refractivity contribution in [2.45, 2.75) is 26.3 Å². The molecule has 106 valence electrons. The summed E-state index contributed by atoms with van der Waals surface area (Å²) in [5.41, 5.74) is 0.894. The molecule has 0 spiro atoms. The molecule has 0 aliphatic carbocycles. The first-order valence-corrected chi connectivity index (χ1v) is 7.77. The molecule has 0 radical (unpaired) electrons. The molecule has 1 aromatic heterocycles. The zero-order chi connectivity index (χ0) is 13.7. The number of carbonyl (C=O) groups is 1. The Labute approximate surface area is 118 Å². The van der Waals surface area contributed by atoms with Gasteiger partial charge in [0.2, 0.25) is 0 Å². The lowest BCUT2D eigenvalue weighted by molar-refractivity contribution is 0.0701. The fraction of sp³-hybridized carbons (Fsp3) is 0.643. The van der Waals surface area contributed by atoms with E-state index in [0.717, 1.165) is 18.7 Å². The second-order valence-electron chi connectivity index (χ2n) is 5.32. The zero-order valence-corrected chi connectivity index (χ0v) is 12.2. The molecular weight excluding hydrogens is 260 g/mol. The van der Waals surface area contributed by atoms with E-state index in [0.29, 0.717) is 17.3 Å². The lowest BCUT2D eigenvalue weighted by atomic mass is 10.1. The van der Waals surface area contributed by atoms with E-state index in [4.69, 9.17) is 5.11 Å². The fourth-order valence-corrected chi connectivity index (χ4v) is 3.35. The molecule has 0 saturated carbocycles. The maximum absolute atomic E-state index is 11.0. The normalized spacial score (nSPS) is 17.7. The highest BCUT2D eigenvalue weighted by atomic mass is 32.1. The lowest BCUT2D eigenvalue weighted by Gasteiger charge is -2.20. The Morgan fingerprint density at radius 2 is 2.26 bits per heavy atom. The third-order valence-electron chi connectivity index (χ3n) is 3.52. The van der Waals surface area contributed by atoms with E-state index in [2.05, 4.69) is 17.1 Å². The van der Waals surface area contributed by atoms with Crippen LogP contribution in [-0.4, -0.2) is 42.2 Å². The van der Waals surface area contributed by atoms with E-state index in [-0.39, 0.29) is 0 Å². The molecule has 1 aliphatic heterocycles. The molecule has 2 rings (SSSR count). The Morgan fingerprint density at radius 3 is 2.95 bits per heavy atom. The van der Waals surface area contributed by atoms with Crippen LogP contribution in [0.5, 0.6) is 0 Å². The summed E-state index contributed by atoms with van der Waals surface area (Å²) in [6.07, 6.45) is 2.66. The van der Waals surface area contributed by atoms with Gasteiger partial charge in [-0.05, 0) is 55.4 Å². The fourth-order valence-electron chi connectivity index (χ4n) is 2.59. The van der Waals surface area contributed by atoms with Crippen LogP contribution in [0, 0.1) is 5.92 Å². The first-order chi connectivity index (χ1) is 9.16. The van der Waals surface area contributed by atoms with Crippen molar-refractivity contribution in [1.29, 1.82) is 0 Å². The Morgan fingerprint density at radius 1 is 1.53 bits per heavy atom. The Hall–Kier alpha value is -0.910. The summed E-state index contributed by atoms with van der Waals surface area (Å²) in [5.74, 6) is -0.220. The van der Waals surface area contributed by atoms with Crippen molar-refractivity contribution in [2.75, 3.05) is 26.2 Å². The minimum Gasteiger partial charge on any atom is -0.477 e. The maximum atomic E-state index is 11.0. The van der Waals surface area contributed by atoms with Gasteiger partial charge in [-0.1, -0.05) is 6.92 Å². The maximum Gasteiger partial charge on any atom is 0.346 e. The molecule has 1 atom stereocenters. The van der Waals surface area contributed by atoms with E-state index in [1.807, 2.05) is 11.4 Å². The summed E-state index contributed by atoms with van der Waals surface area (Å²) < 4.78 is 0. The number of thiophene rings is 1. The van der Waals surface area contributed by atoms with Crippen LogP contribution in [0.15, 0.2) is 11.4 Å². The van der Waals surface area contributed by atoms with Crippen LogP contribution in [0.25, 0.3) is 0 Å². The first kappa shape index (κ1) is 14.5.